The topological polar surface area (TPSA) is 35.5 Å². The second kappa shape index (κ2) is 6.54. The van der Waals surface area contributed by atoms with Crippen LogP contribution >= 0.6 is 0 Å². The molecule has 0 amide bonds. The van der Waals surface area contributed by atoms with E-state index < -0.39 is 0 Å². The normalized spacial score (nSPS) is 25.4. The maximum Gasteiger partial charge on any atom is 0.136 e. The molecule has 5 heteroatoms. The molecular formula is C21H27N5. The maximum atomic E-state index is 4.74. The summed E-state index contributed by atoms with van der Waals surface area (Å²) in [5, 5.41) is 0. The van der Waals surface area contributed by atoms with Gasteiger partial charge in [0.1, 0.15) is 12.1 Å². The van der Waals surface area contributed by atoms with E-state index in [4.69, 9.17) is 4.98 Å². The number of anilines is 2. The van der Waals surface area contributed by atoms with Crippen LogP contribution in [0.1, 0.15) is 24.6 Å². The predicted octanol–water partition coefficient (Wildman–Crippen LogP) is 2.57. The minimum Gasteiger partial charge on any atom is -0.366 e. The van der Waals surface area contributed by atoms with Gasteiger partial charge in [0.25, 0.3) is 0 Å². The molecule has 1 aromatic carbocycles. The molecule has 1 aromatic heterocycles. The molecular weight excluding hydrogens is 322 g/mol. The van der Waals surface area contributed by atoms with Crippen molar-refractivity contribution in [1.82, 2.24) is 14.9 Å². The number of hydrogen-bond donors (Lipinski definition) is 0. The molecule has 0 unspecified atom stereocenters. The highest BCUT2D eigenvalue weighted by Crippen LogP contribution is 2.38. The summed E-state index contributed by atoms with van der Waals surface area (Å²) in [6.07, 6.45) is 4.11. The van der Waals surface area contributed by atoms with Crippen molar-refractivity contribution in [2.75, 3.05) is 42.5 Å². The van der Waals surface area contributed by atoms with Gasteiger partial charge in [-0.15, -0.1) is 0 Å². The Morgan fingerprint density at radius 1 is 1.08 bits per heavy atom. The summed E-state index contributed by atoms with van der Waals surface area (Å²) in [6.45, 7) is 8.84. The number of benzene rings is 1. The van der Waals surface area contributed by atoms with Crippen LogP contribution in [0.15, 0.2) is 36.7 Å². The summed E-state index contributed by atoms with van der Waals surface area (Å²) in [6, 6.07) is 11.5. The van der Waals surface area contributed by atoms with E-state index in [-0.39, 0.29) is 0 Å². The van der Waals surface area contributed by atoms with Crippen LogP contribution in [0, 0.1) is 5.92 Å². The van der Waals surface area contributed by atoms with Gasteiger partial charge in [-0.05, 0) is 25.1 Å². The van der Waals surface area contributed by atoms with E-state index in [1.807, 2.05) is 0 Å². The van der Waals surface area contributed by atoms with Gasteiger partial charge in [0.05, 0.1) is 11.7 Å². The van der Waals surface area contributed by atoms with Crippen LogP contribution in [0.3, 0.4) is 0 Å². The van der Waals surface area contributed by atoms with Crippen molar-refractivity contribution >= 4 is 11.5 Å². The first-order valence-corrected chi connectivity index (χ1v) is 9.95. The van der Waals surface area contributed by atoms with Crippen molar-refractivity contribution < 1.29 is 0 Å². The van der Waals surface area contributed by atoms with Crippen LogP contribution in [-0.2, 0) is 13.0 Å². The highest BCUT2D eigenvalue weighted by atomic mass is 15.3. The smallest absolute Gasteiger partial charge is 0.136 e. The molecule has 5 rings (SSSR count). The minimum absolute atomic E-state index is 0.605. The lowest BCUT2D eigenvalue weighted by Gasteiger charge is -2.31. The third-order valence-electron chi connectivity index (χ3n) is 6.44. The fourth-order valence-electron chi connectivity index (χ4n) is 5.00. The lowest BCUT2D eigenvalue weighted by Crippen LogP contribution is -2.37. The van der Waals surface area contributed by atoms with Crippen molar-refractivity contribution in [2.45, 2.75) is 32.4 Å². The maximum absolute atomic E-state index is 4.74. The van der Waals surface area contributed by atoms with Crippen LogP contribution in [-0.4, -0.2) is 53.6 Å². The largest absolute Gasteiger partial charge is 0.366 e. The van der Waals surface area contributed by atoms with Crippen molar-refractivity contribution in [1.29, 1.82) is 0 Å². The molecule has 0 saturated carbocycles. The van der Waals surface area contributed by atoms with Gasteiger partial charge in [-0.25, -0.2) is 9.97 Å². The Kier molecular flexibility index (Phi) is 4.04. The van der Waals surface area contributed by atoms with Gasteiger partial charge in [0.15, 0.2) is 0 Å². The first-order valence-electron chi connectivity index (χ1n) is 9.95. The van der Waals surface area contributed by atoms with Crippen LogP contribution in [0.25, 0.3) is 0 Å². The molecule has 26 heavy (non-hydrogen) atoms. The Morgan fingerprint density at radius 3 is 2.81 bits per heavy atom. The van der Waals surface area contributed by atoms with E-state index in [0.717, 1.165) is 45.1 Å². The summed E-state index contributed by atoms with van der Waals surface area (Å²) in [4.78, 5) is 17.0. The van der Waals surface area contributed by atoms with Gasteiger partial charge < -0.3 is 9.80 Å². The number of hydrogen-bond acceptors (Lipinski definition) is 5. The van der Waals surface area contributed by atoms with Gasteiger partial charge in [0, 0.05) is 56.3 Å². The number of fused-ring (bicyclic) bond motifs is 2. The lowest BCUT2D eigenvalue weighted by atomic mass is 10.0. The zero-order chi connectivity index (χ0) is 17.5. The molecule has 3 aliphatic rings. The molecule has 2 atom stereocenters. The van der Waals surface area contributed by atoms with E-state index in [1.54, 1.807) is 6.33 Å². The zero-order valence-electron chi connectivity index (χ0n) is 15.5. The molecule has 0 N–H and O–H groups in total. The Morgan fingerprint density at radius 2 is 1.96 bits per heavy atom. The molecule has 0 radical (unpaired) electrons. The van der Waals surface area contributed by atoms with E-state index in [1.165, 1.54) is 35.7 Å². The third-order valence-corrected chi connectivity index (χ3v) is 6.44. The third kappa shape index (κ3) is 2.65. The van der Waals surface area contributed by atoms with E-state index in [9.17, 15) is 0 Å². The first-order chi connectivity index (χ1) is 12.8. The number of likely N-dealkylation sites (N-methyl/N-ethyl adjacent to an activating group) is 1. The van der Waals surface area contributed by atoms with Crippen molar-refractivity contribution in [3.63, 3.8) is 0 Å². The second-order valence-electron chi connectivity index (χ2n) is 7.79. The molecule has 0 bridgehead atoms. The van der Waals surface area contributed by atoms with Gasteiger partial charge in [-0.3, -0.25) is 4.90 Å². The van der Waals surface area contributed by atoms with Crippen molar-refractivity contribution in [3.8, 4) is 0 Å². The fourth-order valence-corrected chi connectivity index (χ4v) is 5.00. The van der Waals surface area contributed by atoms with Gasteiger partial charge >= 0.3 is 0 Å². The molecule has 4 heterocycles. The zero-order valence-corrected chi connectivity index (χ0v) is 15.5. The van der Waals surface area contributed by atoms with Gasteiger partial charge in [-0.1, -0.05) is 25.1 Å². The summed E-state index contributed by atoms with van der Waals surface area (Å²) in [5.41, 5.74) is 3.99. The lowest BCUT2D eigenvalue weighted by molar-refractivity contribution is 0.265. The average molecular weight is 349 g/mol. The minimum atomic E-state index is 0.605. The summed E-state index contributed by atoms with van der Waals surface area (Å²) in [5.74, 6) is 1.93. The molecule has 0 spiro atoms. The quantitative estimate of drug-likeness (QED) is 0.851. The SMILES string of the molecule is CCN1CCc2ncnc(N3C[C@@H]4CCN(c5ccccc5)[C@@H]4C3)c2C1. The van der Waals surface area contributed by atoms with Crippen LogP contribution < -0.4 is 9.80 Å². The fraction of sp³-hybridized carbons (Fsp3) is 0.524. The van der Waals surface area contributed by atoms with Gasteiger partial charge in [0.2, 0.25) is 0 Å². The molecule has 0 aliphatic carbocycles. The standard InChI is InChI=1S/C21H27N5/c1-2-24-10-9-19-18(13-24)21(23-15-22-19)25-12-16-8-11-26(20(16)14-25)17-6-4-3-5-7-17/h3-7,15-16,20H,2,8-14H2,1H3/t16-,20+/m0/s1. The van der Waals surface area contributed by atoms with E-state index >= 15 is 0 Å². The van der Waals surface area contributed by atoms with Crippen molar-refractivity contribution in [3.05, 3.63) is 47.9 Å². The Labute approximate surface area is 155 Å². The first kappa shape index (κ1) is 16.1. The molecule has 3 aliphatic heterocycles. The summed E-state index contributed by atoms with van der Waals surface area (Å²) >= 11 is 0. The highest BCUT2D eigenvalue weighted by molar-refractivity contribution is 5.54. The summed E-state index contributed by atoms with van der Waals surface area (Å²) < 4.78 is 0. The van der Waals surface area contributed by atoms with E-state index in [0.29, 0.717) is 6.04 Å². The number of aromatic nitrogens is 2. The van der Waals surface area contributed by atoms with Crippen LogP contribution in [0.4, 0.5) is 11.5 Å². The molecule has 2 saturated heterocycles. The molecule has 2 aromatic rings. The Balaban J connectivity index is 1.41. The molecule has 2 fully saturated rings. The molecule has 136 valence electrons. The van der Waals surface area contributed by atoms with Crippen LogP contribution in [0.5, 0.6) is 0 Å². The van der Waals surface area contributed by atoms with Crippen molar-refractivity contribution in [2.24, 2.45) is 5.92 Å². The number of rotatable bonds is 3. The highest BCUT2D eigenvalue weighted by Gasteiger charge is 2.42. The monoisotopic (exact) mass is 349 g/mol. The number of para-hydroxylation sites is 1. The Hall–Kier alpha value is -2.14. The Bertz CT molecular complexity index is 777. The molecule has 5 nitrogen and oxygen atoms in total. The van der Waals surface area contributed by atoms with E-state index in [2.05, 4.69) is 56.9 Å². The van der Waals surface area contributed by atoms with Crippen LogP contribution in [0.2, 0.25) is 0 Å². The van der Waals surface area contributed by atoms with Gasteiger partial charge in [-0.2, -0.15) is 0 Å². The number of nitrogens with zero attached hydrogens (tertiary/aromatic N) is 5. The predicted molar refractivity (Wildman–Crippen MR) is 105 cm³/mol. The second-order valence-corrected chi connectivity index (χ2v) is 7.79. The summed E-state index contributed by atoms with van der Waals surface area (Å²) in [7, 11) is 0. The average Bonchev–Trinajstić information content (AvgIpc) is 3.28.